The van der Waals surface area contributed by atoms with Gasteiger partial charge in [0.1, 0.15) is 5.69 Å². The molecule has 1 aromatic heterocycles. The van der Waals surface area contributed by atoms with E-state index in [4.69, 9.17) is 5.73 Å². The van der Waals surface area contributed by atoms with Crippen LogP contribution in [0.2, 0.25) is 0 Å². The highest BCUT2D eigenvalue weighted by atomic mass is 16.6. The Morgan fingerprint density at radius 2 is 2.43 bits per heavy atom. The fourth-order valence-electron chi connectivity index (χ4n) is 1.24. The van der Waals surface area contributed by atoms with E-state index in [1.165, 1.54) is 6.33 Å². The van der Waals surface area contributed by atoms with Crippen molar-refractivity contribution in [2.75, 3.05) is 6.54 Å². The summed E-state index contributed by atoms with van der Waals surface area (Å²) in [5, 5.41) is 10.6. The van der Waals surface area contributed by atoms with Gasteiger partial charge in [-0.1, -0.05) is 6.92 Å². The molecule has 6 nitrogen and oxygen atoms in total. The van der Waals surface area contributed by atoms with E-state index < -0.39 is 4.92 Å². The number of nitrogens with two attached hydrogens (primary N) is 1. The molecule has 0 aliphatic carbocycles. The first kappa shape index (κ1) is 10.6. The molecule has 6 heteroatoms. The molecule has 0 saturated carbocycles. The van der Waals surface area contributed by atoms with E-state index in [1.54, 1.807) is 11.6 Å². The topological polar surface area (TPSA) is 87.0 Å². The maximum atomic E-state index is 10.6. The SMILES string of the molecule is CC(CN)Cc1c([N+](=O)[O-])ncn1C. The number of aryl methyl sites for hydroxylation is 1. The van der Waals surface area contributed by atoms with E-state index in [2.05, 4.69) is 4.98 Å². The van der Waals surface area contributed by atoms with Gasteiger partial charge in [-0.3, -0.25) is 0 Å². The molecule has 1 heterocycles. The average molecular weight is 198 g/mol. The second-order valence-corrected chi connectivity index (χ2v) is 3.43. The predicted molar refractivity (Wildman–Crippen MR) is 51.8 cm³/mol. The van der Waals surface area contributed by atoms with Gasteiger partial charge in [0.25, 0.3) is 0 Å². The first-order valence-corrected chi connectivity index (χ1v) is 4.41. The van der Waals surface area contributed by atoms with Gasteiger partial charge < -0.3 is 20.4 Å². The Morgan fingerprint density at radius 1 is 1.79 bits per heavy atom. The van der Waals surface area contributed by atoms with E-state index in [9.17, 15) is 10.1 Å². The molecule has 1 atom stereocenters. The number of rotatable bonds is 4. The van der Waals surface area contributed by atoms with Gasteiger partial charge in [0, 0.05) is 13.5 Å². The van der Waals surface area contributed by atoms with Gasteiger partial charge in [0.05, 0.1) is 0 Å². The number of imidazole rings is 1. The van der Waals surface area contributed by atoms with Crippen LogP contribution in [0.25, 0.3) is 0 Å². The third-order valence-electron chi connectivity index (χ3n) is 2.15. The van der Waals surface area contributed by atoms with Crippen molar-refractivity contribution in [3.8, 4) is 0 Å². The smallest absolute Gasteiger partial charge is 0.358 e. The molecule has 0 aliphatic rings. The minimum atomic E-state index is -0.460. The molecule has 0 fully saturated rings. The van der Waals surface area contributed by atoms with Crippen LogP contribution in [0.1, 0.15) is 12.6 Å². The molecule has 0 aromatic carbocycles. The van der Waals surface area contributed by atoms with E-state index >= 15 is 0 Å². The zero-order chi connectivity index (χ0) is 10.7. The van der Waals surface area contributed by atoms with Crippen molar-refractivity contribution in [1.82, 2.24) is 9.55 Å². The molecule has 0 radical (unpaired) electrons. The maximum absolute atomic E-state index is 10.6. The van der Waals surface area contributed by atoms with Crippen LogP contribution >= 0.6 is 0 Å². The normalized spacial score (nSPS) is 12.8. The molecule has 0 saturated heterocycles. The van der Waals surface area contributed by atoms with Crippen molar-refractivity contribution < 1.29 is 4.92 Å². The molecule has 0 aliphatic heterocycles. The third-order valence-corrected chi connectivity index (χ3v) is 2.15. The van der Waals surface area contributed by atoms with Crippen LogP contribution < -0.4 is 5.73 Å². The molecule has 14 heavy (non-hydrogen) atoms. The summed E-state index contributed by atoms with van der Waals surface area (Å²) in [5.74, 6) is 0.164. The first-order chi connectivity index (χ1) is 6.56. The van der Waals surface area contributed by atoms with Crippen molar-refractivity contribution in [1.29, 1.82) is 0 Å². The molecule has 78 valence electrons. The molecule has 0 spiro atoms. The lowest BCUT2D eigenvalue weighted by atomic mass is 10.1. The monoisotopic (exact) mass is 198 g/mol. The van der Waals surface area contributed by atoms with Crippen LogP contribution in [0.3, 0.4) is 0 Å². The van der Waals surface area contributed by atoms with Gasteiger partial charge in [0.2, 0.25) is 6.33 Å². The standard InChI is InChI=1S/C8H14N4O2/c1-6(4-9)3-7-8(12(13)14)10-5-11(7)2/h5-6H,3-4,9H2,1-2H3. The second kappa shape index (κ2) is 4.19. The summed E-state index contributed by atoms with van der Waals surface area (Å²) in [4.78, 5) is 13.9. The van der Waals surface area contributed by atoms with Gasteiger partial charge >= 0.3 is 5.82 Å². The van der Waals surface area contributed by atoms with E-state index in [0.29, 0.717) is 18.7 Å². The van der Waals surface area contributed by atoms with E-state index in [1.807, 2.05) is 6.92 Å². The fourth-order valence-corrected chi connectivity index (χ4v) is 1.24. The maximum Gasteiger partial charge on any atom is 0.384 e. The van der Waals surface area contributed by atoms with Crippen LogP contribution in [0.4, 0.5) is 5.82 Å². The van der Waals surface area contributed by atoms with Gasteiger partial charge in [-0.2, -0.15) is 0 Å². The Labute approximate surface area is 81.9 Å². The number of aromatic nitrogens is 2. The van der Waals surface area contributed by atoms with Crippen LogP contribution in [0.15, 0.2) is 6.33 Å². The van der Waals surface area contributed by atoms with Crippen molar-refractivity contribution >= 4 is 5.82 Å². The zero-order valence-corrected chi connectivity index (χ0v) is 8.30. The van der Waals surface area contributed by atoms with Gasteiger partial charge in [-0.25, -0.2) is 0 Å². The summed E-state index contributed by atoms with van der Waals surface area (Å²) in [6.07, 6.45) is 2.04. The summed E-state index contributed by atoms with van der Waals surface area (Å²) < 4.78 is 1.67. The Morgan fingerprint density at radius 3 is 2.93 bits per heavy atom. The van der Waals surface area contributed by atoms with Gasteiger partial charge in [0.15, 0.2) is 0 Å². The largest absolute Gasteiger partial charge is 0.384 e. The minimum Gasteiger partial charge on any atom is -0.358 e. The van der Waals surface area contributed by atoms with Crippen LogP contribution in [0.5, 0.6) is 0 Å². The molecule has 0 bridgehead atoms. The number of nitro groups is 1. The Hall–Kier alpha value is -1.43. The summed E-state index contributed by atoms with van der Waals surface area (Å²) >= 11 is 0. The van der Waals surface area contributed by atoms with Crippen LogP contribution in [-0.4, -0.2) is 21.0 Å². The molecule has 0 amide bonds. The fraction of sp³-hybridized carbons (Fsp3) is 0.625. The van der Waals surface area contributed by atoms with Crippen molar-refractivity contribution in [3.05, 3.63) is 22.1 Å². The quantitative estimate of drug-likeness (QED) is 0.562. The highest BCUT2D eigenvalue weighted by molar-refractivity contribution is 5.27. The number of nitrogens with zero attached hydrogens (tertiary/aromatic N) is 3. The molecule has 2 N–H and O–H groups in total. The third kappa shape index (κ3) is 2.08. The van der Waals surface area contributed by atoms with E-state index in [0.717, 1.165) is 0 Å². The predicted octanol–water partition coefficient (Wildman–Crippen LogP) is 0.466. The van der Waals surface area contributed by atoms with Crippen molar-refractivity contribution in [3.63, 3.8) is 0 Å². The average Bonchev–Trinajstić information content (AvgIpc) is 2.48. The van der Waals surface area contributed by atoms with Crippen molar-refractivity contribution in [2.24, 2.45) is 18.7 Å². The van der Waals surface area contributed by atoms with E-state index in [-0.39, 0.29) is 11.7 Å². The molecule has 1 rings (SSSR count). The van der Waals surface area contributed by atoms with Gasteiger partial charge in [-0.15, -0.1) is 0 Å². The lowest BCUT2D eigenvalue weighted by molar-refractivity contribution is -0.390. The highest BCUT2D eigenvalue weighted by Crippen LogP contribution is 2.18. The van der Waals surface area contributed by atoms with Crippen molar-refractivity contribution in [2.45, 2.75) is 13.3 Å². The highest BCUT2D eigenvalue weighted by Gasteiger charge is 2.20. The van der Waals surface area contributed by atoms with Gasteiger partial charge in [-0.05, 0) is 22.4 Å². The molecule has 1 aromatic rings. The summed E-state index contributed by atoms with van der Waals surface area (Å²) in [5.41, 5.74) is 6.10. The molecular formula is C8H14N4O2. The molecular weight excluding hydrogens is 184 g/mol. The number of hydrogen-bond donors (Lipinski definition) is 1. The Balaban J connectivity index is 2.93. The summed E-state index contributed by atoms with van der Waals surface area (Å²) in [6.45, 7) is 2.47. The molecule has 1 unspecified atom stereocenters. The zero-order valence-electron chi connectivity index (χ0n) is 8.30. The Bertz CT molecular complexity index is 334. The minimum absolute atomic E-state index is 0.0622. The van der Waals surface area contributed by atoms with Crippen LogP contribution in [-0.2, 0) is 13.5 Å². The van der Waals surface area contributed by atoms with Crippen LogP contribution in [0, 0.1) is 16.0 Å². The lowest BCUT2D eigenvalue weighted by Crippen LogP contribution is -2.15. The number of hydrogen-bond acceptors (Lipinski definition) is 4. The summed E-state index contributed by atoms with van der Waals surface area (Å²) in [7, 11) is 1.75. The first-order valence-electron chi connectivity index (χ1n) is 4.41. The second-order valence-electron chi connectivity index (χ2n) is 3.43. The Kier molecular flexibility index (Phi) is 3.19. The summed E-state index contributed by atoms with van der Waals surface area (Å²) in [6, 6.07) is 0. The lowest BCUT2D eigenvalue weighted by Gasteiger charge is -2.07.